The number of hydrogen-bond donors (Lipinski definition) is 1. The Morgan fingerprint density at radius 3 is 2.75 bits per heavy atom. The Bertz CT molecular complexity index is 470. The first kappa shape index (κ1) is 10.4. The molecule has 0 bridgehead atoms. The molecule has 2 N–H and O–H groups in total. The van der Waals surface area contributed by atoms with E-state index in [1.54, 1.807) is 18.6 Å². The van der Waals surface area contributed by atoms with Gasteiger partial charge in [-0.25, -0.2) is 9.97 Å². The standard InChI is InChI=1S/C10H12N6/c1-2-3-8-14-9(16-10(11)15-8)7-6-12-4-5-13-7/h4-6H,2-3H2,1H3,(H2,11,14,15,16). The molecule has 0 fully saturated rings. The number of nitrogens with two attached hydrogens (primary N) is 1. The predicted octanol–water partition coefficient (Wildman–Crippen LogP) is 0.863. The highest BCUT2D eigenvalue weighted by molar-refractivity contribution is 5.48. The van der Waals surface area contributed by atoms with Crippen LogP contribution in [0.1, 0.15) is 19.2 Å². The lowest BCUT2D eigenvalue weighted by Gasteiger charge is -2.02. The molecule has 2 aromatic rings. The van der Waals surface area contributed by atoms with Gasteiger partial charge in [0.05, 0.1) is 6.20 Å². The van der Waals surface area contributed by atoms with Gasteiger partial charge in [0, 0.05) is 18.8 Å². The SMILES string of the molecule is CCCc1nc(N)nc(-c2cnccn2)n1. The van der Waals surface area contributed by atoms with Gasteiger partial charge in [0.25, 0.3) is 0 Å². The number of nitrogen functional groups attached to an aromatic ring is 1. The number of aryl methyl sites for hydroxylation is 1. The van der Waals surface area contributed by atoms with E-state index in [9.17, 15) is 0 Å². The van der Waals surface area contributed by atoms with Gasteiger partial charge in [0.2, 0.25) is 5.95 Å². The summed E-state index contributed by atoms with van der Waals surface area (Å²) in [6.45, 7) is 2.06. The minimum Gasteiger partial charge on any atom is -0.368 e. The molecule has 0 aliphatic rings. The first-order chi connectivity index (χ1) is 7.79. The van der Waals surface area contributed by atoms with Crippen LogP contribution >= 0.6 is 0 Å². The highest BCUT2D eigenvalue weighted by Crippen LogP contribution is 2.11. The monoisotopic (exact) mass is 216 g/mol. The van der Waals surface area contributed by atoms with Crippen LogP contribution in [0.15, 0.2) is 18.6 Å². The van der Waals surface area contributed by atoms with E-state index in [1.165, 1.54) is 0 Å². The molecule has 0 saturated heterocycles. The fourth-order valence-corrected chi connectivity index (χ4v) is 1.30. The molecule has 0 radical (unpaired) electrons. The van der Waals surface area contributed by atoms with Gasteiger partial charge in [-0.05, 0) is 6.42 Å². The van der Waals surface area contributed by atoms with Crippen molar-refractivity contribution in [1.82, 2.24) is 24.9 Å². The van der Waals surface area contributed by atoms with Crippen LogP contribution in [0, 0.1) is 0 Å². The first-order valence-corrected chi connectivity index (χ1v) is 5.06. The summed E-state index contributed by atoms with van der Waals surface area (Å²) in [5.74, 6) is 1.39. The number of hydrogen-bond acceptors (Lipinski definition) is 6. The maximum atomic E-state index is 5.62. The van der Waals surface area contributed by atoms with E-state index in [4.69, 9.17) is 5.73 Å². The Balaban J connectivity index is 2.41. The van der Waals surface area contributed by atoms with Crippen molar-refractivity contribution in [3.05, 3.63) is 24.4 Å². The molecule has 16 heavy (non-hydrogen) atoms. The van der Waals surface area contributed by atoms with Crippen molar-refractivity contribution in [3.8, 4) is 11.5 Å². The summed E-state index contributed by atoms with van der Waals surface area (Å²) in [6, 6.07) is 0. The van der Waals surface area contributed by atoms with E-state index < -0.39 is 0 Å². The molecule has 2 aromatic heterocycles. The topological polar surface area (TPSA) is 90.5 Å². The molecule has 0 unspecified atom stereocenters. The largest absolute Gasteiger partial charge is 0.368 e. The Kier molecular flexibility index (Phi) is 3.00. The third kappa shape index (κ3) is 2.28. The molecule has 0 amide bonds. The van der Waals surface area contributed by atoms with Crippen LogP contribution in [0.25, 0.3) is 11.5 Å². The van der Waals surface area contributed by atoms with Crippen LogP contribution in [-0.2, 0) is 6.42 Å². The Morgan fingerprint density at radius 1 is 1.19 bits per heavy atom. The molecule has 82 valence electrons. The predicted molar refractivity (Wildman–Crippen MR) is 59.3 cm³/mol. The van der Waals surface area contributed by atoms with E-state index in [0.717, 1.165) is 12.8 Å². The van der Waals surface area contributed by atoms with Gasteiger partial charge in [-0.1, -0.05) is 6.92 Å². The van der Waals surface area contributed by atoms with E-state index in [-0.39, 0.29) is 5.95 Å². The zero-order chi connectivity index (χ0) is 11.4. The fraction of sp³-hybridized carbons (Fsp3) is 0.300. The summed E-state index contributed by atoms with van der Waals surface area (Å²) in [7, 11) is 0. The maximum absolute atomic E-state index is 5.62. The van der Waals surface area contributed by atoms with Crippen molar-refractivity contribution >= 4 is 5.95 Å². The second-order valence-electron chi connectivity index (χ2n) is 3.27. The van der Waals surface area contributed by atoms with Gasteiger partial charge in [0.15, 0.2) is 5.82 Å². The number of rotatable bonds is 3. The lowest BCUT2D eigenvalue weighted by molar-refractivity contribution is 0.823. The molecule has 0 spiro atoms. The Hall–Kier alpha value is -2.11. The van der Waals surface area contributed by atoms with Crippen molar-refractivity contribution < 1.29 is 0 Å². The number of anilines is 1. The molecule has 2 heterocycles. The quantitative estimate of drug-likeness (QED) is 0.818. The Morgan fingerprint density at radius 2 is 2.06 bits per heavy atom. The Labute approximate surface area is 93.0 Å². The average molecular weight is 216 g/mol. The molecular weight excluding hydrogens is 204 g/mol. The van der Waals surface area contributed by atoms with Crippen molar-refractivity contribution in [2.24, 2.45) is 0 Å². The molecule has 6 nitrogen and oxygen atoms in total. The van der Waals surface area contributed by atoms with Gasteiger partial charge >= 0.3 is 0 Å². The van der Waals surface area contributed by atoms with E-state index in [2.05, 4.69) is 31.8 Å². The van der Waals surface area contributed by atoms with E-state index >= 15 is 0 Å². The molecule has 0 aromatic carbocycles. The van der Waals surface area contributed by atoms with Gasteiger partial charge in [-0.15, -0.1) is 0 Å². The lowest BCUT2D eigenvalue weighted by Crippen LogP contribution is -2.05. The van der Waals surface area contributed by atoms with Crippen LogP contribution < -0.4 is 5.73 Å². The summed E-state index contributed by atoms with van der Waals surface area (Å²) >= 11 is 0. The molecule has 0 aliphatic carbocycles. The summed E-state index contributed by atoms with van der Waals surface area (Å²) in [5.41, 5.74) is 6.22. The van der Waals surface area contributed by atoms with Crippen molar-refractivity contribution in [3.63, 3.8) is 0 Å². The summed E-state index contributed by atoms with van der Waals surface area (Å²) in [5, 5.41) is 0. The zero-order valence-corrected chi connectivity index (χ0v) is 8.96. The third-order valence-electron chi connectivity index (χ3n) is 1.96. The molecule has 2 rings (SSSR count). The lowest BCUT2D eigenvalue weighted by atomic mass is 10.3. The van der Waals surface area contributed by atoms with Crippen LogP contribution in [0.4, 0.5) is 5.95 Å². The maximum Gasteiger partial charge on any atom is 0.223 e. The first-order valence-electron chi connectivity index (χ1n) is 5.06. The van der Waals surface area contributed by atoms with Crippen molar-refractivity contribution in [2.75, 3.05) is 5.73 Å². The van der Waals surface area contributed by atoms with Gasteiger partial charge < -0.3 is 5.73 Å². The highest BCUT2D eigenvalue weighted by atomic mass is 15.1. The normalized spacial score (nSPS) is 10.3. The number of aromatic nitrogens is 5. The summed E-state index contributed by atoms with van der Waals surface area (Å²) in [4.78, 5) is 20.5. The molecule has 6 heteroatoms. The third-order valence-corrected chi connectivity index (χ3v) is 1.96. The van der Waals surface area contributed by atoms with Gasteiger partial charge in [0.1, 0.15) is 11.5 Å². The van der Waals surface area contributed by atoms with Crippen molar-refractivity contribution in [1.29, 1.82) is 0 Å². The van der Waals surface area contributed by atoms with Crippen LogP contribution in [-0.4, -0.2) is 24.9 Å². The second kappa shape index (κ2) is 4.61. The minimum absolute atomic E-state index is 0.221. The van der Waals surface area contributed by atoms with Crippen molar-refractivity contribution in [2.45, 2.75) is 19.8 Å². The van der Waals surface area contributed by atoms with Gasteiger partial charge in [-0.2, -0.15) is 9.97 Å². The average Bonchev–Trinajstić information content (AvgIpc) is 2.30. The van der Waals surface area contributed by atoms with Gasteiger partial charge in [-0.3, -0.25) is 4.98 Å². The van der Waals surface area contributed by atoms with Crippen LogP contribution in [0.2, 0.25) is 0 Å². The summed E-state index contributed by atoms with van der Waals surface area (Å²) < 4.78 is 0. The summed E-state index contributed by atoms with van der Waals surface area (Å²) in [6.07, 6.45) is 6.53. The minimum atomic E-state index is 0.221. The molecule has 0 atom stereocenters. The van der Waals surface area contributed by atoms with Crippen LogP contribution in [0.5, 0.6) is 0 Å². The van der Waals surface area contributed by atoms with E-state index in [0.29, 0.717) is 17.3 Å². The molecule has 0 saturated carbocycles. The van der Waals surface area contributed by atoms with E-state index in [1.807, 2.05) is 0 Å². The fourth-order valence-electron chi connectivity index (χ4n) is 1.30. The second-order valence-corrected chi connectivity index (χ2v) is 3.27. The highest BCUT2D eigenvalue weighted by Gasteiger charge is 2.07. The zero-order valence-electron chi connectivity index (χ0n) is 8.96. The number of nitrogens with zero attached hydrogens (tertiary/aromatic N) is 5. The molecular formula is C10H12N6. The van der Waals surface area contributed by atoms with Crippen LogP contribution in [0.3, 0.4) is 0 Å². The smallest absolute Gasteiger partial charge is 0.223 e. The molecule has 0 aliphatic heterocycles.